The topological polar surface area (TPSA) is 52.0 Å². The van der Waals surface area contributed by atoms with E-state index >= 15 is 17.6 Å². The van der Waals surface area contributed by atoms with Gasteiger partial charge in [-0.3, -0.25) is 0 Å². The van der Waals surface area contributed by atoms with Gasteiger partial charge in [0.05, 0.1) is 0 Å². The fraction of sp³-hybridized carbons (Fsp3) is 0.250. The Morgan fingerprint density at radius 2 is 1.00 bits per heavy atom. The normalized spacial score (nSPS) is 12.3. The summed E-state index contributed by atoms with van der Waals surface area (Å²) < 4.78 is 88.3. The first kappa shape index (κ1) is 23.5. The van der Waals surface area contributed by atoms with Gasteiger partial charge in [0.1, 0.15) is 5.41 Å². The number of hydrogen-bond acceptors (Lipinski definition) is 2. The fourth-order valence-corrected chi connectivity index (χ4v) is 4.16. The Labute approximate surface area is 181 Å². The minimum Gasteiger partial charge on any atom is -0.398 e. The van der Waals surface area contributed by atoms with Crippen LogP contribution in [0.4, 0.5) is 37.7 Å². The van der Waals surface area contributed by atoms with Crippen LogP contribution in [0.2, 0.25) is 0 Å². The Balaban J connectivity index is 2.63. The molecule has 32 heavy (non-hydrogen) atoms. The maximum atomic E-state index is 15.1. The molecule has 0 unspecified atom stereocenters. The molecule has 0 bridgehead atoms. The number of rotatable bonds is 3. The van der Waals surface area contributed by atoms with Gasteiger partial charge in [-0.25, -0.2) is 13.2 Å². The summed E-state index contributed by atoms with van der Waals surface area (Å²) in [6, 6.07) is 5.88. The van der Waals surface area contributed by atoms with E-state index < -0.39 is 34.6 Å². The van der Waals surface area contributed by atoms with Crippen LogP contribution in [0.15, 0.2) is 36.4 Å². The minimum atomic E-state index is -5.15. The lowest BCUT2D eigenvalue weighted by Crippen LogP contribution is -2.46. The molecule has 0 atom stereocenters. The van der Waals surface area contributed by atoms with Crippen LogP contribution in [-0.2, 0) is 5.41 Å². The van der Waals surface area contributed by atoms with Gasteiger partial charge in [-0.2, -0.15) is 13.2 Å². The smallest absolute Gasteiger partial charge is 0.398 e. The van der Waals surface area contributed by atoms with Crippen LogP contribution in [0.5, 0.6) is 0 Å². The van der Waals surface area contributed by atoms with Gasteiger partial charge < -0.3 is 11.5 Å². The average Bonchev–Trinajstić information content (AvgIpc) is 2.69. The molecule has 0 saturated carbocycles. The van der Waals surface area contributed by atoms with Crippen molar-refractivity contribution in [3.8, 4) is 0 Å². The van der Waals surface area contributed by atoms with Crippen LogP contribution in [0, 0.1) is 45.1 Å². The maximum Gasteiger partial charge on any atom is 0.406 e. The Morgan fingerprint density at radius 1 is 0.625 bits per heavy atom. The Kier molecular flexibility index (Phi) is 5.70. The molecule has 0 aliphatic rings. The quantitative estimate of drug-likeness (QED) is 0.209. The summed E-state index contributed by atoms with van der Waals surface area (Å²) >= 11 is 0. The van der Waals surface area contributed by atoms with E-state index in [1.54, 1.807) is 0 Å². The predicted octanol–water partition coefficient (Wildman–Crippen LogP) is 6.40. The highest BCUT2D eigenvalue weighted by Gasteiger charge is 2.60. The first-order valence-corrected chi connectivity index (χ1v) is 9.68. The molecular formula is C24H22F6N2. The molecule has 4 N–H and O–H groups in total. The van der Waals surface area contributed by atoms with Crippen molar-refractivity contribution in [3.05, 3.63) is 92.8 Å². The minimum absolute atomic E-state index is 0.278. The molecule has 0 saturated heterocycles. The van der Waals surface area contributed by atoms with Crippen LogP contribution >= 0.6 is 0 Å². The van der Waals surface area contributed by atoms with Crippen LogP contribution in [0.25, 0.3) is 0 Å². The monoisotopic (exact) mass is 452 g/mol. The number of halogens is 6. The van der Waals surface area contributed by atoms with Gasteiger partial charge in [-0.05, 0) is 67.1 Å². The summed E-state index contributed by atoms with van der Waals surface area (Å²) in [5.74, 6) is -5.48. The second-order valence-electron chi connectivity index (χ2n) is 8.02. The van der Waals surface area contributed by atoms with Crippen LogP contribution in [0.3, 0.4) is 0 Å². The van der Waals surface area contributed by atoms with E-state index in [1.807, 2.05) is 0 Å². The summed E-state index contributed by atoms with van der Waals surface area (Å²) in [4.78, 5) is 0. The van der Waals surface area contributed by atoms with E-state index in [4.69, 9.17) is 11.5 Å². The van der Waals surface area contributed by atoms with Gasteiger partial charge in [-0.15, -0.1) is 0 Å². The van der Waals surface area contributed by atoms with Crippen molar-refractivity contribution in [3.63, 3.8) is 0 Å². The summed E-state index contributed by atoms with van der Waals surface area (Å²) in [7, 11) is 0. The van der Waals surface area contributed by atoms with Crippen LogP contribution in [-0.4, -0.2) is 6.18 Å². The first-order valence-electron chi connectivity index (χ1n) is 9.68. The van der Waals surface area contributed by atoms with Crippen molar-refractivity contribution in [2.45, 2.75) is 39.3 Å². The molecule has 8 heteroatoms. The number of benzene rings is 3. The van der Waals surface area contributed by atoms with E-state index in [0.717, 1.165) is 0 Å². The van der Waals surface area contributed by atoms with Crippen molar-refractivity contribution in [1.29, 1.82) is 0 Å². The number of aryl methyl sites for hydroxylation is 4. The number of nitrogen functional groups attached to an aromatic ring is 2. The molecule has 2 nitrogen and oxygen atoms in total. The molecular weight excluding hydrogens is 430 g/mol. The summed E-state index contributed by atoms with van der Waals surface area (Å²) in [5, 5.41) is 0. The zero-order valence-corrected chi connectivity index (χ0v) is 17.9. The maximum absolute atomic E-state index is 15.1. The lowest BCUT2D eigenvalue weighted by molar-refractivity contribution is -0.167. The zero-order chi connectivity index (χ0) is 24.2. The Bertz CT molecular complexity index is 1110. The standard InChI is InChI=1S/C24H22F6N2/c1-11-7-15(8-12(2)21(11)31)23(24(28,29)30,16-9-13(3)22(32)14(4)10-16)17-5-6-18(25)20(27)19(17)26/h5-10H,31-32H2,1-4H3. The molecule has 0 fully saturated rings. The van der Waals surface area contributed by atoms with Gasteiger partial charge in [0.15, 0.2) is 17.5 Å². The zero-order valence-electron chi connectivity index (χ0n) is 17.9. The van der Waals surface area contributed by atoms with Gasteiger partial charge in [0.25, 0.3) is 0 Å². The first-order chi connectivity index (χ1) is 14.7. The molecule has 0 amide bonds. The summed E-state index contributed by atoms with van der Waals surface area (Å²) in [6.45, 7) is 6.09. The van der Waals surface area contributed by atoms with Gasteiger partial charge in [0, 0.05) is 16.9 Å². The van der Waals surface area contributed by atoms with Crippen LogP contribution < -0.4 is 11.5 Å². The molecule has 0 spiro atoms. The van der Waals surface area contributed by atoms with Gasteiger partial charge >= 0.3 is 6.18 Å². The molecule has 0 heterocycles. The lowest BCUT2D eigenvalue weighted by atomic mass is 9.67. The summed E-state index contributed by atoms with van der Waals surface area (Å²) in [5.41, 5.74) is 8.81. The van der Waals surface area contributed by atoms with Crippen molar-refractivity contribution < 1.29 is 26.3 Å². The van der Waals surface area contributed by atoms with E-state index in [0.29, 0.717) is 34.4 Å². The van der Waals surface area contributed by atoms with Crippen molar-refractivity contribution in [1.82, 2.24) is 0 Å². The third kappa shape index (κ3) is 3.38. The summed E-state index contributed by atoms with van der Waals surface area (Å²) in [6.07, 6.45) is -5.15. The van der Waals surface area contributed by atoms with Gasteiger partial charge in [-0.1, -0.05) is 30.3 Å². The molecule has 0 aliphatic carbocycles. The van der Waals surface area contributed by atoms with E-state index in [9.17, 15) is 8.78 Å². The number of hydrogen-bond donors (Lipinski definition) is 2. The van der Waals surface area contributed by atoms with Crippen LogP contribution in [0.1, 0.15) is 38.9 Å². The molecule has 0 radical (unpaired) electrons. The number of anilines is 2. The number of nitrogens with two attached hydrogens (primary N) is 2. The highest BCUT2D eigenvalue weighted by atomic mass is 19.4. The van der Waals surface area contributed by atoms with Gasteiger partial charge in [0.2, 0.25) is 0 Å². The second-order valence-corrected chi connectivity index (χ2v) is 8.02. The third-order valence-corrected chi connectivity index (χ3v) is 5.92. The SMILES string of the molecule is Cc1cc(C(c2cc(C)c(N)c(C)c2)(c2ccc(F)c(F)c2F)C(F)(F)F)cc(C)c1N. The number of alkyl halides is 3. The molecule has 3 aromatic rings. The van der Waals surface area contributed by atoms with E-state index in [2.05, 4.69) is 0 Å². The highest BCUT2D eigenvalue weighted by Crippen LogP contribution is 2.53. The lowest BCUT2D eigenvalue weighted by Gasteiger charge is -2.39. The Morgan fingerprint density at radius 3 is 1.34 bits per heavy atom. The average molecular weight is 452 g/mol. The van der Waals surface area contributed by atoms with E-state index in [-0.39, 0.29) is 22.5 Å². The predicted molar refractivity (Wildman–Crippen MR) is 113 cm³/mol. The molecule has 3 aromatic carbocycles. The molecule has 0 aromatic heterocycles. The third-order valence-electron chi connectivity index (χ3n) is 5.92. The van der Waals surface area contributed by atoms with Crippen molar-refractivity contribution in [2.75, 3.05) is 11.5 Å². The van der Waals surface area contributed by atoms with Crippen molar-refractivity contribution >= 4 is 11.4 Å². The second kappa shape index (κ2) is 7.76. The largest absolute Gasteiger partial charge is 0.406 e. The molecule has 3 rings (SSSR count). The molecule has 0 aliphatic heterocycles. The Hall–Kier alpha value is -3.16. The fourth-order valence-electron chi connectivity index (χ4n) is 4.16. The van der Waals surface area contributed by atoms with E-state index in [1.165, 1.54) is 52.0 Å². The molecule has 170 valence electrons. The van der Waals surface area contributed by atoms with Crippen molar-refractivity contribution in [2.24, 2.45) is 0 Å². The highest BCUT2D eigenvalue weighted by molar-refractivity contribution is 5.64.